The number of aryl methyl sites for hydroxylation is 1. The molecule has 0 bridgehead atoms. The van der Waals surface area contributed by atoms with Crippen LogP contribution in [0, 0.1) is 12.8 Å². The van der Waals surface area contributed by atoms with Gasteiger partial charge in [-0.1, -0.05) is 6.07 Å². The first-order valence-electron chi connectivity index (χ1n) is 9.93. The molecule has 9 heteroatoms. The van der Waals surface area contributed by atoms with Crippen molar-refractivity contribution in [3.63, 3.8) is 0 Å². The van der Waals surface area contributed by atoms with Gasteiger partial charge in [-0.05, 0) is 50.3 Å². The third-order valence-corrected chi connectivity index (χ3v) is 6.00. The topological polar surface area (TPSA) is 115 Å². The molecule has 1 unspecified atom stereocenters. The maximum atomic E-state index is 12.2. The van der Waals surface area contributed by atoms with E-state index in [0.29, 0.717) is 6.54 Å². The zero-order valence-corrected chi connectivity index (χ0v) is 17.0. The highest BCUT2D eigenvalue weighted by Crippen LogP contribution is 2.30. The van der Waals surface area contributed by atoms with Crippen molar-refractivity contribution < 1.29 is 9.59 Å². The number of benzene rings is 1. The molecule has 2 aliphatic heterocycles. The van der Waals surface area contributed by atoms with Crippen molar-refractivity contribution in [1.82, 2.24) is 30.8 Å². The number of amides is 3. The molecule has 9 nitrogen and oxygen atoms in total. The van der Waals surface area contributed by atoms with Crippen LogP contribution in [-0.4, -0.2) is 58.4 Å². The molecule has 1 atom stereocenters. The molecule has 154 valence electrons. The quantitative estimate of drug-likeness (QED) is 0.354. The number of aromatic amines is 1. The maximum absolute atomic E-state index is 12.2. The van der Waals surface area contributed by atoms with Crippen LogP contribution in [0.4, 0.5) is 4.79 Å². The number of guanidine groups is 1. The smallest absolute Gasteiger partial charge is 0.322 e. The van der Waals surface area contributed by atoms with E-state index in [-0.39, 0.29) is 11.8 Å². The summed E-state index contributed by atoms with van der Waals surface area (Å²) in [5, 5.41) is 8.52. The van der Waals surface area contributed by atoms with Gasteiger partial charge in [0.2, 0.25) is 0 Å². The van der Waals surface area contributed by atoms with Crippen molar-refractivity contribution >= 4 is 28.9 Å². The van der Waals surface area contributed by atoms with Crippen molar-refractivity contribution in [2.45, 2.75) is 38.8 Å². The van der Waals surface area contributed by atoms with E-state index in [2.05, 4.69) is 54.9 Å². The molecule has 2 aliphatic rings. The van der Waals surface area contributed by atoms with Crippen molar-refractivity contribution in [2.24, 2.45) is 10.9 Å². The molecule has 2 fully saturated rings. The molecule has 0 saturated carbocycles. The second-order valence-electron chi connectivity index (χ2n) is 7.98. The summed E-state index contributed by atoms with van der Waals surface area (Å²) in [6.45, 7) is 5.95. The number of hydrogen-bond acceptors (Lipinski definition) is 4. The number of likely N-dealkylation sites (tertiary alicyclic amines) is 1. The molecule has 3 heterocycles. The summed E-state index contributed by atoms with van der Waals surface area (Å²) in [5.41, 5.74) is 2.35. The summed E-state index contributed by atoms with van der Waals surface area (Å²) in [7, 11) is 1.77. The standard InChI is InChI=1S/C20H27N7O2/c1-12-4-5-14-15(10-12)24-16(23-14)11-22-18(21-3)27-8-6-13(7-9-27)20(2)17(28)25-19(29)26-20/h4-5,10,13H,6-9,11H2,1-3H3,(H,21,22)(H,23,24)(H2,25,26,28,29). The monoisotopic (exact) mass is 397 g/mol. The summed E-state index contributed by atoms with van der Waals surface area (Å²) in [4.78, 5) is 38.3. The number of nitrogens with zero attached hydrogens (tertiary/aromatic N) is 3. The predicted molar refractivity (Wildman–Crippen MR) is 110 cm³/mol. The van der Waals surface area contributed by atoms with Crippen molar-refractivity contribution in [3.8, 4) is 0 Å². The Morgan fingerprint density at radius 2 is 2.10 bits per heavy atom. The van der Waals surface area contributed by atoms with Gasteiger partial charge in [0.25, 0.3) is 5.91 Å². The summed E-state index contributed by atoms with van der Waals surface area (Å²) in [6.07, 6.45) is 1.60. The van der Waals surface area contributed by atoms with Gasteiger partial charge in [0.05, 0.1) is 17.6 Å². The fourth-order valence-electron chi connectivity index (χ4n) is 4.27. The minimum atomic E-state index is -0.827. The molecular formula is C20H27N7O2. The number of urea groups is 1. The van der Waals surface area contributed by atoms with Gasteiger partial charge in [-0.3, -0.25) is 15.1 Å². The molecule has 1 aromatic carbocycles. The minimum absolute atomic E-state index is 0.0990. The van der Waals surface area contributed by atoms with Gasteiger partial charge in [-0.2, -0.15) is 0 Å². The van der Waals surface area contributed by atoms with Gasteiger partial charge in [0, 0.05) is 20.1 Å². The molecule has 2 aromatic rings. The largest absolute Gasteiger partial charge is 0.349 e. The van der Waals surface area contributed by atoms with Crippen LogP contribution in [0.15, 0.2) is 23.2 Å². The highest BCUT2D eigenvalue weighted by molar-refractivity contribution is 6.07. The lowest BCUT2D eigenvalue weighted by Crippen LogP contribution is -2.55. The van der Waals surface area contributed by atoms with Gasteiger partial charge < -0.3 is 20.5 Å². The lowest BCUT2D eigenvalue weighted by molar-refractivity contribution is -0.125. The Morgan fingerprint density at radius 3 is 2.76 bits per heavy atom. The summed E-state index contributed by atoms with van der Waals surface area (Å²) >= 11 is 0. The molecule has 0 radical (unpaired) electrons. The number of piperidine rings is 1. The Bertz CT molecular complexity index is 974. The first kappa shape index (κ1) is 19.2. The number of aliphatic imine (C=N–C) groups is 1. The molecule has 4 rings (SSSR count). The van der Waals surface area contributed by atoms with E-state index in [1.54, 1.807) is 7.05 Å². The minimum Gasteiger partial charge on any atom is -0.349 e. The summed E-state index contributed by atoms with van der Waals surface area (Å²) in [5.74, 6) is 1.54. The number of imide groups is 1. The lowest BCUT2D eigenvalue weighted by atomic mass is 9.79. The fraction of sp³-hybridized carbons (Fsp3) is 0.500. The molecule has 1 aromatic heterocycles. The number of H-pyrrole nitrogens is 1. The Hall–Kier alpha value is -3.10. The van der Waals surface area contributed by atoms with Crippen LogP contribution in [-0.2, 0) is 11.3 Å². The van der Waals surface area contributed by atoms with Crippen LogP contribution in [0.2, 0.25) is 0 Å². The number of aromatic nitrogens is 2. The molecule has 0 spiro atoms. The van der Waals surface area contributed by atoms with Crippen LogP contribution < -0.4 is 16.0 Å². The SMILES string of the molecule is CN=C(NCc1nc2ccc(C)cc2[nH]1)N1CCC(C2(C)NC(=O)NC2=O)CC1. The van der Waals surface area contributed by atoms with Crippen LogP contribution in [0.25, 0.3) is 11.0 Å². The van der Waals surface area contributed by atoms with Gasteiger partial charge >= 0.3 is 6.03 Å². The van der Waals surface area contributed by atoms with Crippen LogP contribution >= 0.6 is 0 Å². The van der Waals surface area contributed by atoms with Gasteiger partial charge in [-0.15, -0.1) is 0 Å². The zero-order chi connectivity index (χ0) is 20.6. The molecule has 29 heavy (non-hydrogen) atoms. The second kappa shape index (κ2) is 7.38. The van der Waals surface area contributed by atoms with Gasteiger partial charge in [-0.25, -0.2) is 9.78 Å². The Kier molecular flexibility index (Phi) is 4.89. The van der Waals surface area contributed by atoms with E-state index in [0.717, 1.165) is 48.7 Å². The number of hydrogen-bond donors (Lipinski definition) is 4. The lowest BCUT2D eigenvalue weighted by Gasteiger charge is -2.39. The number of imidazole rings is 1. The third kappa shape index (κ3) is 3.64. The average molecular weight is 397 g/mol. The number of carbonyl (C=O) groups excluding carboxylic acids is 2. The van der Waals surface area contributed by atoms with Crippen LogP contribution in [0.5, 0.6) is 0 Å². The zero-order valence-electron chi connectivity index (χ0n) is 17.0. The van der Waals surface area contributed by atoms with E-state index in [1.165, 1.54) is 5.56 Å². The molecule has 3 amide bonds. The van der Waals surface area contributed by atoms with E-state index in [1.807, 2.05) is 13.0 Å². The Balaban J connectivity index is 1.35. The van der Waals surface area contributed by atoms with Gasteiger partial charge in [0.1, 0.15) is 11.4 Å². The fourth-order valence-corrected chi connectivity index (χ4v) is 4.27. The molecule has 0 aliphatic carbocycles. The molecule has 2 saturated heterocycles. The Labute approximate surface area is 169 Å². The van der Waals surface area contributed by atoms with E-state index in [4.69, 9.17) is 0 Å². The molecule has 4 N–H and O–H groups in total. The van der Waals surface area contributed by atoms with E-state index in [9.17, 15) is 9.59 Å². The number of carbonyl (C=O) groups is 2. The van der Waals surface area contributed by atoms with Gasteiger partial charge in [0.15, 0.2) is 5.96 Å². The van der Waals surface area contributed by atoms with Crippen molar-refractivity contribution in [3.05, 3.63) is 29.6 Å². The highest BCUT2D eigenvalue weighted by atomic mass is 16.2. The number of rotatable bonds is 3. The number of nitrogens with one attached hydrogen (secondary N) is 4. The molecular weight excluding hydrogens is 370 g/mol. The second-order valence-corrected chi connectivity index (χ2v) is 7.98. The first-order valence-corrected chi connectivity index (χ1v) is 9.93. The van der Waals surface area contributed by atoms with Crippen molar-refractivity contribution in [1.29, 1.82) is 0 Å². The first-order chi connectivity index (χ1) is 13.9. The van der Waals surface area contributed by atoms with Crippen LogP contribution in [0.3, 0.4) is 0 Å². The van der Waals surface area contributed by atoms with E-state index >= 15 is 0 Å². The third-order valence-electron chi connectivity index (χ3n) is 6.00. The predicted octanol–water partition coefficient (Wildman–Crippen LogP) is 1.26. The summed E-state index contributed by atoms with van der Waals surface area (Å²) < 4.78 is 0. The number of fused-ring (bicyclic) bond motifs is 1. The average Bonchev–Trinajstić information content (AvgIpc) is 3.22. The normalized spacial score (nSPS) is 23.4. The summed E-state index contributed by atoms with van der Waals surface area (Å²) in [6, 6.07) is 5.75. The van der Waals surface area contributed by atoms with Crippen molar-refractivity contribution in [2.75, 3.05) is 20.1 Å². The van der Waals surface area contributed by atoms with E-state index < -0.39 is 11.6 Å². The maximum Gasteiger partial charge on any atom is 0.322 e. The van der Waals surface area contributed by atoms with Crippen LogP contribution in [0.1, 0.15) is 31.2 Å². The highest BCUT2D eigenvalue weighted by Gasteiger charge is 2.48. The Morgan fingerprint density at radius 1 is 1.34 bits per heavy atom.